The summed E-state index contributed by atoms with van der Waals surface area (Å²) >= 11 is 0. The lowest BCUT2D eigenvalue weighted by atomic mass is 10.1. The molecule has 1 saturated heterocycles. The molecule has 32 heavy (non-hydrogen) atoms. The molecular formula is C25H23N3O4. The Kier molecular flexibility index (Phi) is 6.17. The number of carbonyl (C=O) groups excluding carboxylic acids is 3. The molecule has 3 aromatic carbocycles. The summed E-state index contributed by atoms with van der Waals surface area (Å²) in [6, 6.07) is 22.6. The van der Waals surface area contributed by atoms with E-state index >= 15 is 0 Å². The maximum absolute atomic E-state index is 12.7. The van der Waals surface area contributed by atoms with Gasteiger partial charge < -0.3 is 15.4 Å². The number of ether oxygens (including phenoxy) is 1. The molecule has 0 unspecified atom stereocenters. The molecule has 1 aliphatic heterocycles. The molecule has 162 valence electrons. The average Bonchev–Trinajstić information content (AvgIpc) is 3.08. The molecule has 0 spiro atoms. The first-order chi connectivity index (χ1) is 15.5. The fraction of sp³-hybridized carbons (Fsp3) is 0.160. The lowest BCUT2D eigenvalue weighted by Gasteiger charge is -2.16. The second kappa shape index (κ2) is 9.34. The monoisotopic (exact) mass is 429 g/mol. The van der Waals surface area contributed by atoms with Crippen molar-refractivity contribution < 1.29 is 19.1 Å². The van der Waals surface area contributed by atoms with Crippen molar-refractivity contribution in [2.24, 2.45) is 0 Å². The fourth-order valence-corrected chi connectivity index (χ4v) is 3.52. The maximum Gasteiger partial charge on any atom is 0.255 e. The van der Waals surface area contributed by atoms with E-state index in [1.807, 2.05) is 30.3 Å². The Balaban J connectivity index is 1.36. The Bertz CT molecular complexity index is 1110. The summed E-state index contributed by atoms with van der Waals surface area (Å²) < 4.78 is 5.11. The van der Waals surface area contributed by atoms with Gasteiger partial charge in [0.2, 0.25) is 5.91 Å². The molecular weight excluding hydrogens is 406 g/mol. The first kappa shape index (κ1) is 21.1. The van der Waals surface area contributed by atoms with Crippen LogP contribution >= 0.6 is 0 Å². The highest BCUT2D eigenvalue weighted by atomic mass is 16.5. The van der Waals surface area contributed by atoms with Gasteiger partial charge in [-0.05, 0) is 54.1 Å². The van der Waals surface area contributed by atoms with Crippen LogP contribution in [0, 0.1) is 0 Å². The highest BCUT2D eigenvalue weighted by Gasteiger charge is 2.38. The lowest BCUT2D eigenvalue weighted by molar-refractivity contribution is -0.139. The lowest BCUT2D eigenvalue weighted by Crippen LogP contribution is -2.34. The Morgan fingerprint density at radius 2 is 1.59 bits per heavy atom. The number of benzene rings is 3. The van der Waals surface area contributed by atoms with Crippen molar-refractivity contribution in [3.05, 3.63) is 90.0 Å². The summed E-state index contributed by atoms with van der Waals surface area (Å²) in [5.74, 6) is 0.00981. The molecule has 0 aromatic heterocycles. The topological polar surface area (TPSA) is 87.7 Å². The van der Waals surface area contributed by atoms with Crippen molar-refractivity contribution in [2.45, 2.75) is 19.0 Å². The number of nitrogens with zero attached hydrogens (tertiary/aromatic N) is 1. The van der Waals surface area contributed by atoms with Crippen LogP contribution in [0.3, 0.4) is 0 Å². The van der Waals surface area contributed by atoms with E-state index in [2.05, 4.69) is 10.6 Å². The minimum atomic E-state index is -0.620. The zero-order valence-corrected chi connectivity index (χ0v) is 17.6. The number of carbonyl (C=O) groups is 3. The Labute approximate surface area is 186 Å². The van der Waals surface area contributed by atoms with Crippen LogP contribution in [0.2, 0.25) is 0 Å². The van der Waals surface area contributed by atoms with E-state index in [1.54, 1.807) is 55.6 Å². The molecule has 2 N–H and O–H groups in total. The zero-order chi connectivity index (χ0) is 22.5. The second-order valence-electron chi connectivity index (χ2n) is 7.46. The van der Waals surface area contributed by atoms with Crippen LogP contribution in [-0.4, -0.2) is 35.8 Å². The average molecular weight is 429 g/mol. The number of nitrogens with one attached hydrogen (secondary N) is 2. The smallest absolute Gasteiger partial charge is 0.255 e. The molecule has 3 amide bonds. The molecule has 1 aliphatic rings. The molecule has 7 heteroatoms. The third kappa shape index (κ3) is 4.78. The number of imide groups is 1. The molecule has 1 fully saturated rings. The van der Waals surface area contributed by atoms with E-state index in [1.165, 1.54) is 4.90 Å². The van der Waals surface area contributed by atoms with Gasteiger partial charge in [-0.3, -0.25) is 19.3 Å². The van der Waals surface area contributed by atoms with Crippen molar-refractivity contribution in [1.82, 2.24) is 4.90 Å². The van der Waals surface area contributed by atoms with Gasteiger partial charge in [0.1, 0.15) is 11.8 Å². The van der Waals surface area contributed by atoms with Crippen molar-refractivity contribution in [2.75, 3.05) is 17.7 Å². The molecule has 1 atom stereocenters. The normalized spacial score (nSPS) is 15.5. The molecule has 0 bridgehead atoms. The van der Waals surface area contributed by atoms with Gasteiger partial charge in [0.05, 0.1) is 20.1 Å². The molecule has 0 aliphatic carbocycles. The number of amides is 3. The first-order valence-corrected chi connectivity index (χ1v) is 10.2. The SMILES string of the molecule is COc1ccc(NC(=O)c2ccc(N[C@@H]3CC(=O)N(Cc4ccccc4)C3=O)cc2)cc1. The van der Waals surface area contributed by atoms with Gasteiger partial charge in [0.15, 0.2) is 0 Å². The van der Waals surface area contributed by atoms with E-state index in [-0.39, 0.29) is 30.7 Å². The van der Waals surface area contributed by atoms with Gasteiger partial charge in [-0.15, -0.1) is 0 Å². The summed E-state index contributed by atoms with van der Waals surface area (Å²) in [4.78, 5) is 38.8. The highest BCUT2D eigenvalue weighted by molar-refractivity contribution is 6.07. The van der Waals surface area contributed by atoms with E-state index in [4.69, 9.17) is 4.74 Å². The zero-order valence-electron chi connectivity index (χ0n) is 17.6. The number of anilines is 2. The molecule has 7 nitrogen and oxygen atoms in total. The first-order valence-electron chi connectivity index (χ1n) is 10.2. The minimum Gasteiger partial charge on any atom is -0.497 e. The van der Waals surface area contributed by atoms with Crippen molar-refractivity contribution >= 4 is 29.1 Å². The minimum absolute atomic E-state index is 0.103. The number of hydrogen-bond donors (Lipinski definition) is 2. The molecule has 0 radical (unpaired) electrons. The van der Waals surface area contributed by atoms with Gasteiger partial charge in [-0.2, -0.15) is 0 Å². The summed E-state index contributed by atoms with van der Waals surface area (Å²) in [6.45, 7) is 0.265. The maximum atomic E-state index is 12.7. The van der Waals surface area contributed by atoms with Crippen LogP contribution in [0.1, 0.15) is 22.3 Å². The Hall–Kier alpha value is -4.13. The summed E-state index contributed by atoms with van der Waals surface area (Å²) in [5.41, 5.74) is 2.71. The third-order valence-corrected chi connectivity index (χ3v) is 5.26. The fourth-order valence-electron chi connectivity index (χ4n) is 3.52. The van der Waals surface area contributed by atoms with Crippen LogP contribution in [0.4, 0.5) is 11.4 Å². The van der Waals surface area contributed by atoms with Crippen LogP contribution < -0.4 is 15.4 Å². The quantitative estimate of drug-likeness (QED) is 0.560. The van der Waals surface area contributed by atoms with E-state index < -0.39 is 6.04 Å². The van der Waals surface area contributed by atoms with E-state index in [0.717, 1.165) is 5.56 Å². The van der Waals surface area contributed by atoms with Gasteiger partial charge in [-0.1, -0.05) is 30.3 Å². The molecule has 0 saturated carbocycles. The highest BCUT2D eigenvalue weighted by Crippen LogP contribution is 2.21. The number of methoxy groups -OCH3 is 1. The molecule has 1 heterocycles. The van der Waals surface area contributed by atoms with Gasteiger partial charge in [-0.25, -0.2) is 0 Å². The van der Waals surface area contributed by atoms with Crippen molar-refractivity contribution in [3.63, 3.8) is 0 Å². The second-order valence-corrected chi connectivity index (χ2v) is 7.46. The Morgan fingerprint density at radius 1 is 0.938 bits per heavy atom. The van der Waals surface area contributed by atoms with Crippen molar-refractivity contribution in [3.8, 4) is 5.75 Å². The predicted octanol–water partition coefficient (Wildman–Crippen LogP) is 3.69. The van der Waals surface area contributed by atoms with Crippen LogP contribution in [0.25, 0.3) is 0 Å². The van der Waals surface area contributed by atoms with Gasteiger partial charge >= 0.3 is 0 Å². The third-order valence-electron chi connectivity index (χ3n) is 5.26. The van der Waals surface area contributed by atoms with E-state index in [9.17, 15) is 14.4 Å². The molecule has 4 rings (SSSR count). The van der Waals surface area contributed by atoms with Crippen LogP contribution in [0.5, 0.6) is 5.75 Å². The predicted molar refractivity (Wildman–Crippen MR) is 121 cm³/mol. The largest absolute Gasteiger partial charge is 0.497 e. The standard InChI is InChI=1S/C25H23N3O4/c1-32-21-13-11-20(12-14-21)27-24(30)18-7-9-19(10-8-18)26-22-15-23(29)28(25(22)31)16-17-5-3-2-4-6-17/h2-14,22,26H,15-16H2,1H3,(H,27,30)/t22-/m1/s1. The van der Waals surface area contributed by atoms with Crippen LogP contribution in [-0.2, 0) is 16.1 Å². The van der Waals surface area contributed by atoms with Crippen molar-refractivity contribution in [1.29, 1.82) is 0 Å². The van der Waals surface area contributed by atoms with E-state index in [0.29, 0.717) is 22.7 Å². The van der Waals surface area contributed by atoms with Crippen LogP contribution in [0.15, 0.2) is 78.9 Å². The molecule has 3 aromatic rings. The summed E-state index contributed by atoms with van der Waals surface area (Å²) in [7, 11) is 1.58. The number of rotatable bonds is 7. The summed E-state index contributed by atoms with van der Waals surface area (Å²) in [6.07, 6.45) is 0.103. The number of likely N-dealkylation sites (tertiary alicyclic amines) is 1. The van der Waals surface area contributed by atoms with Gasteiger partial charge in [0, 0.05) is 16.9 Å². The number of hydrogen-bond acceptors (Lipinski definition) is 5. The summed E-state index contributed by atoms with van der Waals surface area (Å²) in [5, 5.41) is 5.93. The Morgan fingerprint density at radius 3 is 2.25 bits per heavy atom. The van der Waals surface area contributed by atoms with Gasteiger partial charge in [0.25, 0.3) is 11.8 Å².